The fourth-order valence-corrected chi connectivity index (χ4v) is 6.13. The largest absolute Gasteiger partial charge is 0.413 e. The van der Waals surface area contributed by atoms with Crippen LogP contribution in [0.15, 0.2) is 91.0 Å². The number of hydrogen-bond acceptors (Lipinski definition) is 3. The van der Waals surface area contributed by atoms with Crippen molar-refractivity contribution < 1.29 is 14.0 Å². The number of carbonyl (C=O) groups excluding carboxylic acids is 1. The quantitative estimate of drug-likeness (QED) is 0.246. The second-order valence-electron chi connectivity index (χ2n) is 11.2. The summed E-state index contributed by atoms with van der Waals surface area (Å²) in [4.78, 5) is 13.1. The van der Waals surface area contributed by atoms with Crippen molar-refractivity contribution in [1.29, 1.82) is 0 Å². The molecular formula is C31H38O3Si. The predicted molar refractivity (Wildman–Crippen MR) is 145 cm³/mol. The summed E-state index contributed by atoms with van der Waals surface area (Å²) in [6.45, 7) is 11.6. The van der Waals surface area contributed by atoms with Crippen LogP contribution in [0.25, 0.3) is 0 Å². The molecule has 2 atom stereocenters. The first-order valence-corrected chi connectivity index (χ1v) is 15.6. The van der Waals surface area contributed by atoms with Gasteiger partial charge in [0.2, 0.25) is 0 Å². The molecule has 4 rings (SSSR count). The van der Waals surface area contributed by atoms with E-state index in [0.717, 1.165) is 23.1 Å². The summed E-state index contributed by atoms with van der Waals surface area (Å²) in [6, 6.07) is 31.0. The van der Waals surface area contributed by atoms with Gasteiger partial charge < -0.3 is 9.16 Å². The van der Waals surface area contributed by atoms with Gasteiger partial charge in [-0.3, -0.25) is 4.79 Å². The fourth-order valence-electron chi connectivity index (χ4n) is 4.76. The molecule has 1 aliphatic carbocycles. The van der Waals surface area contributed by atoms with Crippen LogP contribution in [0.3, 0.4) is 0 Å². The summed E-state index contributed by atoms with van der Waals surface area (Å²) in [5.74, 6) is 0.0806. The molecule has 3 nitrogen and oxygen atoms in total. The number of ketones is 1. The lowest BCUT2D eigenvalue weighted by atomic mass is 9.80. The molecule has 0 spiro atoms. The molecule has 0 bridgehead atoms. The maximum absolute atomic E-state index is 13.1. The zero-order valence-electron chi connectivity index (χ0n) is 21.7. The molecule has 0 aromatic heterocycles. The van der Waals surface area contributed by atoms with Crippen molar-refractivity contribution in [2.75, 3.05) is 6.61 Å². The maximum atomic E-state index is 13.1. The molecule has 3 aromatic rings. The molecule has 3 aromatic carbocycles. The van der Waals surface area contributed by atoms with E-state index in [1.54, 1.807) is 0 Å². The van der Waals surface area contributed by atoms with Crippen LogP contribution in [0.5, 0.6) is 0 Å². The molecular weight excluding hydrogens is 448 g/mol. The van der Waals surface area contributed by atoms with Gasteiger partial charge in [0, 0.05) is 12.3 Å². The van der Waals surface area contributed by atoms with E-state index in [1.807, 2.05) is 54.6 Å². The van der Waals surface area contributed by atoms with Crippen LogP contribution in [-0.4, -0.2) is 26.8 Å². The van der Waals surface area contributed by atoms with Crippen molar-refractivity contribution in [2.45, 2.75) is 63.5 Å². The first-order valence-electron chi connectivity index (χ1n) is 12.6. The average molecular weight is 487 g/mol. The average Bonchev–Trinajstić information content (AvgIpc) is 3.19. The Hall–Kier alpha value is -2.53. The number of ether oxygens (including phenoxy) is 1. The van der Waals surface area contributed by atoms with Crippen LogP contribution in [0, 0.1) is 5.92 Å². The highest BCUT2D eigenvalue weighted by Gasteiger charge is 2.44. The Bertz CT molecular complexity index is 1010. The monoisotopic (exact) mass is 486 g/mol. The smallest absolute Gasteiger partial charge is 0.192 e. The number of benzene rings is 3. The number of hydrogen-bond donors (Lipinski definition) is 0. The van der Waals surface area contributed by atoms with E-state index in [-0.39, 0.29) is 22.8 Å². The van der Waals surface area contributed by atoms with Gasteiger partial charge in [0.05, 0.1) is 12.7 Å². The summed E-state index contributed by atoms with van der Waals surface area (Å²) in [5.41, 5.74) is 2.35. The van der Waals surface area contributed by atoms with Crippen molar-refractivity contribution in [3.8, 4) is 0 Å². The van der Waals surface area contributed by atoms with E-state index >= 15 is 0 Å². The van der Waals surface area contributed by atoms with Crippen LogP contribution in [0.4, 0.5) is 0 Å². The summed E-state index contributed by atoms with van der Waals surface area (Å²) >= 11 is 0. The lowest BCUT2D eigenvalue weighted by molar-refractivity contribution is -0.124. The topological polar surface area (TPSA) is 35.5 Å². The standard InChI is InChI=1S/C31H38O3Si/c1-30(2,3)35(4,5)34-28-21-24(29(32)22-28)23-33-31(25-15-9-6-10-16-25,26-17-11-7-12-18-26)27-19-13-8-14-20-27/h6-20,24,28H,21-23H2,1-5H3/t24-,28+/m0/s1. The summed E-state index contributed by atoms with van der Waals surface area (Å²) in [7, 11) is -1.94. The van der Waals surface area contributed by atoms with E-state index in [1.165, 1.54) is 0 Å². The number of Topliss-reactive ketones (excluding diaryl/α,β-unsaturated/α-hetero) is 1. The third kappa shape index (κ3) is 5.35. The van der Waals surface area contributed by atoms with E-state index in [0.29, 0.717) is 13.0 Å². The Morgan fingerprint density at radius 3 is 1.60 bits per heavy atom. The highest BCUT2D eigenvalue weighted by atomic mass is 28.4. The molecule has 0 unspecified atom stereocenters. The fraction of sp³-hybridized carbons (Fsp3) is 0.387. The molecule has 0 N–H and O–H groups in total. The Morgan fingerprint density at radius 2 is 1.20 bits per heavy atom. The number of carbonyl (C=O) groups is 1. The molecule has 35 heavy (non-hydrogen) atoms. The Morgan fingerprint density at radius 1 is 0.771 bits per heavy atom. The van der Waals surface area contributed by atoms with Crippen molar-refractivity contribution in [3.63, 3.8) is 0 Å². The lowest BCUT2D eigenvalue weighted by Crippen LogP contribution is -2.43. The normalized spacial score (nSPS) is 19.2. The predicted octanol–water partition coefficient (Wildman–Crippen LogP) is 7.36. The molecule has 184 valence electrons. The minimum absolute atomic E-state index is 0.0171. The number of rotatable bonds is 8. The second kappa shape index (κ2) is 10.2. The van der Waals surface area contributed by atoms with E-state index in [4.69, 9.17) is 9.16 Å². The first kappa shape index (κ1) is 25.6. The van der Waals surface area contributed by atoms with Crippen molar-refractivity contribution in [2.24, 2.45) is 5.92 Å². The Kier molecular flexibility index (Phi) is 7.46. The molecule has 1 aliphatic rings. The Balaban J connectivity index is 1.65. The van der Waals surface area contributed by atoms with Gasteiger partial charge in [-0.1, -0.05) is 112 Å². The maximum Gasteiger partial charge on any atom is 0.192 e. The minimum Gasteiger partial charge on any atom is -0.413 e. The van der Waals surface area contributed by atoms with Crippen molar-refractivity contribution in [1.82, 2.24) is 0 Å². The molecule has 0 heterocycles. The zero-order valence-corrected chi connectivity index (χ0v) is 22.7. The highest BCUT2D eigenvalue weighted by Crippen LogP contribution is 2.43. The molecule has 4 heteroatoms. The van der Waals surface area contributed by atoms with Crippen molar-refractivity contribution >= 4 is 14.1 Å². The van der Waals surface area contributed by atoms with Crippen LogP contribution in [0.2, 0.25) is 18.1 Å². The molecule has 1 fully saturated rings. The van der Waals surface area contributed by atoms with Gasteiger partial charge in [0.15, 0.2) is 8.32 Å². The minimum atomic E-state index is -1.94. The van der Waals surface area contributed by atoms with Gasteiger partial charge in [0.25, 0.3) is 0 Å². The van der Waals surface area contributed by atoms with Gasteiger partial charge >= 0.3 is 0 Å². The van der Waals surface area contributed by atoms with Crippen LogP contribution < -0.4 is 0 Å². The first-order chi connectivity index (χ1) is 16.6. The van der Waals surface area contributed by atoms with E-state index in [9.17, 15) is 4.79 Å². The van der Waals surface area contributed by atoms with Gasteiger partial charge in [-0.2, -0.15) is 0 Å². The SMILES string of the molecule is CC(C)(C)[Si](C)(C)O[C@H]1CC(=O)[C@H](COC(c2ccccc2)(c2ccccc2)c2ccccc2)C1. The van der Waals surface area contributed by atoms with Gasteiger partial charge in [0.1, 0.15) is 11.4 Å². The lowest BCUT2D eigenvalue weighted by Gasteiger charge is -2.38. The van der Waals surface area contributed by atoms with E-state index in [2.05, 4.69) is 70.3 Å². The Labute approximate surface area is 211 Å². The van der Waals surface area contributed by atoms with E-state index < -0.39 is 13.9 Å². The molecule has 0 radical (unpaired) electrons. The summed E-state index contributed by atoms with van der Waals surface area (Å²) in [5, 5.41) is 0.119. The highest BCUT2D eigenvalue weighted by molar-refractivity contribution is 6.74. The molecule has 0 aliphatic heterocycles. The zero-order chi connectivity index (χ0) is 25.1. The van der Waals surface area contributed by atoms with Gasteiger partial charge in [-0.25, -0.2) is 0 Å². The van der Waals surface area contributed by atoms with Crippen LogP contribution in [-0.2, 0) is 19.6 Å². The third-order valence-corrected chi connectivity index (χ3v) is 12.3. The van der Waals surface area contributed by atoms with Crippen LogP contribution in [0.1, 0.15) is 50.3 Å². The molecule has 0 saturated heterocycles. The summed E-state index contributed by atoms with van der Waals surface area (Å²) < 4.78 is 13.5. The second-order valence-corrected chi connectivity index (χ2v) is 15.9. The summed E-state index contributed by atoms with van der Waals surface area (Å²) in [6.07, 6.45) is 1.19. The third-order valence-electron chi connectivity index (χ3n) is 7.74. The van der Waals surface area contributed by atoms with Crippen LogP contribution >= 0.6 is 0 Å². The van der Waals surface area contributed by atoms with Crippen molar-refractivity contribution in [3.05, 3.63) is 108 Å². The molecule has 1 saturated carbocycles. The van der Waals surface area contributed by atoms with Gasteiger partial charge in [-0.15, -0.1) is 0 Å². The molecule has 0 amide bonds. The van der Waals surface area contributed by atoms with Gasteiger partial charge in [-0.05, 0) is 41.2 Å².